The van der Waals surface area contributed by atoms with Gasteiger partial charge in [0.1, 0.15) is 6.04 Å². The highest BCUT2D eigenvalue weighted by atomic mass is 79.9. The second-order valence-corrected chi connectivity index (χ2v) is 6.29. The average Bonchev–Trinajstić information content (AvgIpc) is 2.80. The highest BCUT2D eigenvalue weighted by Crippen LogP contribution is 2.20. The molecule has 1 aliphatic rings. The molecule has 3 nitrogen and oxygen atoms in total. The van der Waals surface area contributed by atoms with Gasteiger partial charge in [0.15, 0.2) is 0 Å². The lowest BCUT2D eigenvalue weighted by atomic mass is 10.2. The zero-order valence-corrected chi connectivity index (χ0v) is 13.1. The Morgan fingerprint density at radius 1 is 1.32 bits per heavy atom. The minimum absolute atomic E-state index is 0.0875. The van der Waals surface area contributed by atoms with Gasteiger partial charge >= 0.3 is 0 Å². The smallest absolute Gasteiger partial charge is 0.242 e. The molecule has 0 aromatic heterocycles. The number of aryl methyl sites for hydroxylation is 1. The lowest BCUT2D eigenvalue weighted by molar-refractivity contribution is -0.122. The van der Waals surface area contributed by atoms with Crippen LogP contribution >= 0.6 is 15.9 Å². The van der Waals surface area contributed by atoms with Gasteiger partial charge in [-0.3, -0.25) is 4.79 Å². The van der Waals surface area contributed by atoms with Crippen LogP contribution in [-0.2, 0) is 4.79 Å². The highest BCUT2D eigenvalue weighted by Gasteiger charge is 2.20. The van der Waals surface area contributed by atoms with Crippen molar-refractivity contribution in [2.45, 2.75) is 51.6 Å². The maximum atomic E-state index is 12.1. The zero-order chi connectivity index (χ0) is 13.8. The summed E-state index contributed by atoms with van der Waals surface area (Å²) < 4.78 is 1.03. The molecule has 1 atom stereocenters. The van der Waals surface area contributed by atoms with E-state index in [0.717, 1.165) is 23.0 Å². The van der Waals surface area contributed by atoms with Gasteiger partial charge in [0.2, 0.25) is 5.91 Å². The van der Waals surface area contributed by atoms with Crippen molar-refractivity contribution in [1.82, 2.24) is 5.32 Å². The van der Waals surface area contributed by atoms with Crippen LogP contribution < -0.4 is 10.6 Å². The van der Waals surface area contributed by atoms with E-state index in [-0.39, 0.29) is 11.9 Å². The van der Waals surface area contributed by atoms with Gasteiger partial charge < -0.3 is 10.6 Å². The zero-order valence-electron chi connectivity index (χ0n) is 11.5. The number of hydrogen-bond acceptors (Lipinski definition) is 2. The SMILES string of the molecule is Cc1cc(Br)cc(NC(C)C(=O)NC2CCCC2)c1. The fourth-order valence-electron chi connectivity index (χ4n) is 2.53. The first-order chi connectivity index (χ1) is 9.04. The second-order valence-electron chi connectivity index (χ2n) is 5.37. The van der Waals surface area contributed by atoms with Gasteiger partial charge in [-0.15, -0.1) is 0 Å². The Morgan fingerprint density at radius 3 is 2.63 bits per heavy atom. The van der Waals surface area contributed by atoms with E-state index in [1.807, 2.05) is 26.0 Å². The van der Waals surface area contributed by atoms with Crippen molar-refractivity contribution in [3.05, 3.63) is 28.2 Å². The molecular weight excluding hydrogens is 304 g/mol. The largest absolute Gasteiger partial charge is 0.374 e. The number of carbonyl (C=O) groups is 1. The molecule has 0 saturated heterocycles. The van der Waals surface area contributed by atoms with Crippen molar-refractivity contribution in [2.24, 2.45) is 0 Å². The summed E-state index contributed by atoms with van der Waals surface area (Å²) in [5.41, 5.74) is 2.14. The Kier molecular flexibility index (Phi) is 4.86. The molecule has 0 bridgehead atoms. The lowest BCUT2D eigenvalue weighted by Gasteiger charge is -2.19. The molecule has 0 spiro atoms. The maximum absolute atomic E-state index is 12.1. The van der Waals surface area contributed by atoms with Crippen molar-refractivity contribution in [1.29, 1.82) is 0 Å². The van der Waals surface area contributed by atoms with Crippen molar-refractivity contribution in [3.8, 4) is 0 Å². The fraction of sp³-hybridized carbons (Fsp3) is 0.533. The van der Waals surface area contributed by atoms with Crippen molar-refractivity contribution in [2.75, 3.05) is 5.32 Å². The Balaban J connectivity index is 1.91. The van der Waals surface area contributed by atoms with Gasteiger partial charge in [0.25, 0.3) is 0 Å². The number of halogens is 1. The molecule has 19 heavy (non-hydrogen) atoms. The predicted octanol–water partition coefficient (Wildman–Crippen LogP) is 3.62. The number of amides is 1. The second kappa shape index (κ2) is 6.42. The van der Waals surface area contributed by atoms with E-state index in [2.05, 4.69) is 32.6 Å². The number of rotatable bonds is 4. The van der Waals surface area contributed by atoms with Crippen LogP contribution in [-0.4, -0.2) is 18.0 Å². The van der Waals surface area contributed by atoms with Gasteiger partial charge in [-0.2, -0.15) is 0 Å². The molecule has 1 fully saturated rings. The van der Waals surface area contributed by atoms with Crippen LogP contribution in [0, 0.1) is 6.92 Å². The van der Waals surface area contributed by atoms with E-state index < -0.39 is 0 Å². The summed E-state index contributed by atoms with van der Waals surface area (Å²) in [5.74, 6) is 0.0875. The molecule has 4 heteroatoms. The summed E-state index contributed by atoms with van der Waals surface area (Å²) in [4.78, 5) is 12.1. The number of benzene rings is 1. The summed E-state index contributed by atoms with van der Waals surface area (Å²) in [6, 6.07) is 6.25. The van der Waals surface area contributed by atoms with E-state index in [9.17, 15) is 4.79 Å². The molecule has 1 amide bonds. The molecule has 0 aliphatic heterocycles. The molecule has 1 aliphatic carbocycles. The molecule has 104 valence electrons. The van der Waals surface area contributed by atoms with E-state index in [1.165, 1.54) is 18.4 Å². The first-order valence-electron chi connectivity index (χ1n) is 6.89. The first-order valence-corrected chi connectivity index (χ1v) is 7.68. The molecule has 2 N–H and O–H groups in total. The number of nitrogens with one attached hydrogen (secondary N) is 2. The summed E-state index contributed by atoms with van der Waals surface area (Å²) in [7, 11) is 0. The Bertz CT molecular complexity index is 435. The molecule has 0 heterocycles. The van der Waals surface area contributed by atoms with Gasteiger partial charge in [-0.25, -0.2) is 0 Å². The first kappa shape index (κ1) is 14.4. The topological polar surface area (TPSA) is 41.1 Å². The van der Waals surface area contributed by atoms with Crippen LogP contribution in [0.4, 0.5) is 5.69 Å². The number of hydrogen-bond donors (Lipinski definition) is 2. The normalized spacial score (nSPS) is 17.2. The van der Waals surface area contributed by atoms with Crippen LogP contribution in [0.1, 0.15) is 38.2 Å². The minimum Gasteiger partial charge on any atom is -0.374 e. The highest BCUT2D eigenvalue weighted by molar-refractivity contribution is 9.10. The van der Waals surface area contributed by atoms with E-state index >= 15 is 0 Å². The molecule has 1 aromatic carbocycles. The van der Waals surface area contributed by atoms with Gasteiger partial charge in [-0.05, 0) is 50.5 Å². The van der Waals surface area contributed by atoms with Crippen LogP contribution in [0.2, 0.25) is 0 Å². The summed E-state index contributed by atoms with van der Waals surface area (Å²) in [6.07, 6.45) is 4.71. The van der Waals surface area contributed by atoms with Crippen LogP contribution in [0.3, 0.4) is 0 Å². The van der Waals surface area contributed by atoms with Gasteiger partial charge in [0, 0.05) is 16.2 Å². The number of carbonyl (C=O) groups excluding carboxylic acids is 1. The summed E-state index contributed by atoms with van der Waals surface area (Å²) in [6.45, 7) is 3.94. The summed E-state index contributed by atoms with van der Waals surface area (Å²) in [5, 5.41) is 6.37. The van der Waals surface area contributed by atoms with Crippen LogP contribution in [0.5, 0.6) is 0 Å². The minimum atomic E-state index is -0.214. The van der Waals surface area contributed by atoms with Crippen LogP contribution in [0.25, 0.3) is 0 Å². The Morgan fingerprint density at radius 2 is 2.00 bits per heavy atom. The molecule has 2 rings (SSSR count). The molecule has 1 saturated carbocycles. The van der Waals surface area contributed by atoms with Crippen molar-refractivity contribution < 1.29 is 4.79 Å². The molecule has 1 aromatic rings. The maximum Gasteiger partial charge on any atom is 0.242 e. The van der Waals surface area contributed by atoms with E-state index in [0.29, 0.717) is 6.04 Å². The van der Waals surface area contributed by atoms with Crippen LogP contribution in [0.15, 0.2) is 22.7 Å². The number of anilines is 1. The van der Waals surface area contributed by atoms with E-state index in [1.54, 1.807) is 0 Å². The molecule has 0 radical (unpaired) electrons. The average molecular weight is 325 g/mol. The monoisotopic (exact) mass is 324 g/mol. The quantitative estimate of drug-likeness (QED) is 0.888. The van der Waals surface area contributed by atoms with Gasteiger partial charge in [0.05, 0.1) is 0 Å². The third kappa shape index (κ3) is 4.23. The third-order valence-corrected chi connectivity index (χ3v) is 3.98. The fourth-order valence-corrected chi connectivity index (χ4v) is 3.14. The Hall–Kier alpha value is -1.03. The third-order valence-electron chi connectivity index (χ3n) is 3.52. The van der Waals surface area contributed by atoms with Crippen molar-refractivity contribution >= 4 is 27.5 Å². The molecule has 1 unspecified atom stereocenters. The molecular formula is C15H21BrN2O. The van der Waals surface area contributed by atoms with Crippen molar-refractivity contribution in [3.63, 3.8) is 0 Å². The predicted molar refractivity (Wildman–Crippen MR) is 82.4 cm³/mol. The summed E-state index contributed by atoms with van der Waals surface area (Å²) >= 11 is 3.47. The van der Waals surface area contributed by atoms with E-state index in [4.69, 9.17) is 0 Å². The van der Waals surface area contributed by atoms with Gasteiger partial charge in [-0.1, -0.05) is 28.8 Å². The standard InChI is InChI=1S/C15H21BrN2O/c1-10-7-12(16)9-14(8-10)17-11(2)15(19)18-13-5-3-4-6-13/h7-9,11,13,17H,3-6H2,1-2H3,(H,18,19). The lowest BCUT2D eigenvalue weighted by Crippen LogP contribution is -2.42. The Labute approximate surface area is 123 Å².